The number of benzene rings is 2. The fourth-order valence-corrected chi connectivity index (χ4v) is 4.59. The number of para-hydroxylation sites is 1. The van der Waals surface area contributed by atoms with Gasteiger partial charge in [-0.1, -0.05) is 72.0 Å². The van der Waals surface area contributed by atoms with Crippen LogP contribution in [0.4, 0.5) is 5.69 Å². The van der Waals surface area contributed by atoms with Gasteiger partial charge in [0, 0.05) is 17.6 Å². The summed E-state index contributed by atoms with van der Waals surface area (Å²) in [5.74, 6) is -0.446. The molecule has 0 N–H and O–H groups in total. The number of carbonyl (C=O) groups is 2. The Balaban J connectivity index is 1.75. The smallest absolute Gasteiger partial charge is 0.267 e. The van der Waals surface area contributed by atoms with Crippen LogP contribution in [0.25, 0.3) is 5.57 Å². The zero-order chi connectivity index (χ0) is 18.4. The minimum atomic E-state index is -0.256. The van der Waals surface area contributed by atoms with E-state index in [9.17, 15) is 9.59 Å². The van der Waals surface area contributed by atoms with Gasteiger partial charge >= 0.3 is 0 Å². The molecule has 0 spiro atoms. The summed E-state index contributed by atoms with van der Waals surface area (Å²) in [7, 11) is 1.71. The number of thioether (sulfide) groups is 1. The monoisotopic (exact) mass is 400 g/mol. The Morgan fingerprint density at radius 1 is 1.04 bits per heavy atom. The first-order chi connectivity index (χ1) is 12.5. The highest BCUT2D eigenvalue weighted by Crippen LogP contribution is 2.44. The van der Waals surface area contributed by atoms with Gasteiger partial charge < -0.3 is 4.90 Å². The number of carbonyl (C=O) groups excluding carboxylic acids is 2. The molecular weight excluding hydrogens is 388 g/mol. The van der Waals surface area contributed by atoms with Crippen molar-refractivity contribution in [3.63, 3.8) is 0 Å². The van der Waals surface area contributed by atoms with Crippen molar-refractivity contribution in [2.24, 2.45) is 0 Å². The number of amides is 2. The fraction of sp³-hybridized carbons (Fsp3) is 0.105. The number of rotatable bonds is 2. The highest BCUT2D eigenvalue weighted by Gasteiger charge is 2.41. The van der Waals surface area contributed by atoms with Crippen LogP contribution in [0.3, 0.4) is 0 Å². The summed E-state index contributed by atoms with van der Waals surface area (Å²) < 4.78 is 0.428. The molecule has 0 atom stereocenters. The van der Waals surface area contributed by atoms with Crippen LogP contribution in [-0.2, 0) is 16.1 Å². The highest BCUT2D eigenvalue weighted by molar-refractivity contribution is 8.26. The Kier molecular flexibility index (Phi) is 4.34. The standard InChI is InChI=1S/C19H13ClN2O2S2/c1-21-14-9-5-3-7-12(14)15(17(21)23)16-18(24)22(19(25)26-16)10-11-6-2-4-8-13(11)20/h2-9H,10H2,1H3/b16-15+. The third-order valence-corrected chi connectivity index (χ3v) is 6.23. The third kappa shape index (κ3) is 2.65. The summed E-state index contributed by atoms with van der Waals surface area (Å²) in [5.41, 5.74) is 2.79. The van der Waals surface area contributed by atoms with Crippen LogP contribution >= 0.6 is 35.6 Å². The van der Waals surface area contributed by atoms with E-state index in [1.807, 2.05) is 42.5 Å². The minimum Gasteiger partial charge on any atom is -0.311 e. The van der Waals surface area contributed by atoms with Crippen molar-refractivity contribution in [1.29, 1.82) is 0 Å². The van der Waals surface area contributed by atoms with Gasteiger partial charge in [0.1, 0.15) is 4.32 Å². The van der Waals surface area contributed by atoms with Crippen molar-refractivity contribution in [2.45, 2.75) is 6.54 Å². The van der Waals surface area contributed by atoms with Gasteiger partial charge in [-0.05, 0) is 17.7 Å². The normalized spacial score (nSPS) is 19.5. The van der Waals surface area contributed by atoms with E-state index in [1.165, 1.54) is 16.7 Å². The number of thiocarbonyl (C=S) groups is 1. The summed E-state index contributed by atoms with van der Waals surface area (Å²) in [5, 5.41) is 0.580. The second kappa shape index (κ2) is 6.54. The van der Waals surface area contributed by atoms with Gasteiger partial charge in [-0.3, -0.25) is 14.5 Å². The summed E-state index contributed by atoms with van der Waals surface area (Å²) in [6, 6.07) is 14.8. The highest BCUT2D eigenvalue weighted by atomic mass is 35.5. The van der Waals surface area contributed by atoms with Gasteiger partial charge in [-0.2, -0.15) is 0 Å². The lowest BCUT2D eigenvalue weighted by molar-refractivity contribution is -0.122. The first kappa shape index (κ1) is 17.3. The average Bonchev–Trinajstić information content (AvgIpc) is 3.05. The van der Waals surface area contributed by atoms with Gasteiger partial charge in [0.15, 0.2) is 0 Å². The van der Waals surface area contributed by atoms with E-state index >= 15 is 0 Å². The van der Waals surface area contributed by atoms with Crippen LogP contribution in [0.5, 0.6) is 0 Å². The molecule has 4 rings (SSSR count). The summed E-state index contributed by atoms with van der Waals surface area (Å²) >= 11 is 12.8. The Labute approximate surface area is 165 Å². The Hall–Kier alpha value is -2.15. The van der Waals surface area contributed by atoms with Crippen LogP contribution in [-0.4, -0.2) is 28.1 Å². The molecule has 0 radical (unpaired) electrons. The predicted molar refractivity (Wildman–Crippen MR) is 109 cm³/mol. The molecule has 0 aromatic heterocycles. The number of anilines is 1. The number of hydrogen-bond donors (Lipinski definition) is 0. The number of likely N-dealkylation sites (N-methyl/N-ethyl adjacent to an activating group) is 1. The predicted octanol–water partition coefficient (Wildman–Crippen LogP) is 4.09. The van der Waals surface area contributed by atoms with Gasteiger partial charge in [0.25, 0.3) is 11.8 Å². The molecule has 0 saturated carbocycles. The Bertz CT molecular complexity index is 1000. The van der Waals surface area contributed by atoms with Gasteiger partial charge in [-0.15, -0.1) is 0 Å². The molecular formula is C19H13ClN2O2S2. The molecule has 2 aromatic carbocycles. The first-order valence-electron chi connectivity index (χ1n) is 7.88. The molecule has 0 unspecified atom stereocenters. The van der Waals surface area contributed by atoms with E-state index in [0.29, 0.717) is 19.8 Å². The molecule has 26 heavy (non-hydrogen) atoms. The van der Waals surface area contributed by atoms with Crippen LogP contribution < -0.4 is 4.90 Å². The number of nitrogens with zero attached hydrogens (tertiary/aromatic N) is 2. The average molecular weight is 401 g/mol. The van der Waals surface area contributed by atoms with E-state index in [-0.39, 0.29) is 18.4 Å². The quantitative estimate of drug-likeness (QED) is 0.562. The maximum absolute atomic E-state index is 13.0. The molecule has 7 heteroatoms. The lowest BCUT2D eigenvalue weighted by Crippen LogP contribution is -2.28. The zero-order valence-electron chi connectivity index (χ0n) is 13.7. The van der Waals surface area contributed by atoms with E-state index in [1.54, 1.807) is 18.0 Å². The molecule has 2 aromatic rings. The lowest BCUT2D eigenvalue weighted by Gasteiger charge is -2.15. The van der Waals surface area contributed by atoms with Crippen molar-refractivity contribution in [1.82, 2.24) is 4.90 Å². The van der Waals surface area contributed by atoms with Gasteiger partial charge in [-0.25, -0.2) is 0 Å². The molecule has 2 aliphatic heterocycles. The molecule has 2 amide bonds. The summed E-state index contributed by atoms with van der Waals surface area (Å²) in [6.07, 6.45) is 0. The molecule has 0 bridgehead atoms. The van der Waals surface area contributed by atoms with Crippen LogP contribution in [0.1, 0.15) is 11.1 Å². The van der Waals surface area contributed by atoms with E-state index in [0.717, 1.165) is 16.8 Å². The number of hydrogen-bond acceptors (Lipinski definition) is 4. The molecule has 1 saturated heterocycles. The van der Waals surface area contributed by atoms with Crippen molar-refractivity contribution >= 4 is 63.0 Å². The second-order valence-corrected chi connectivity index (χ2v) is 7.99. The first-order valence-corrected chi connectivity index (χ1v) is 9.48. The SMILES string of the molecule is CN1C(=O)/C(=C2/SC(=S)N(Cc3ccccc3Cl)C2=O)c2ccccc21. The number of fused-ring (bicyclic) bond motifs is 1. The minimum absolute atomic E-state index is 0.190. The van der Waals surface area contributed by atoms with Crippen molar-refractivity contribution in [2.75, 3.05) is 11.9 Å². The molecule has 4 nitrogen and oxygen atoms in total. The maximum atomic E-state index is 13.0. The molecule has 130 valence electrons. The summed E-state index contributed by atoms with van der Waals surface area (Å²) in [6.45, 7) is 0.285. The maximum Gasteiger partial charge on any atom is 0.267 e. The third-order valence-electron chi connectivity index (χ3n) is 4.42. The van der Waals surface area contributed by atoms with Crippen molar-refractivity contribution in [3.8, 4) is 0 Å². The molecule has 1 fully saturated rings. The topological polar surface area (TPSA) is 40.6 Å². The summed E-state index contributed by atoms with van der Waals surface area (Å²) in [4.78, 5) is 29.2. The lowest BCUT2D eigenvalue weighted by atomic mass is 10.1. The van der Waals surface area contributed by atoms with Gasteiger partial charge in [0.05, 0.1) is 22.7 Å². The zero-order valence-corrected chi connectivity index (χ0v) is 16.1. The second-order valence-electron chi connectivity index (χ2n) is 5.94. The number of halogens is 1. The van der Waals surface area contributed by atoms with Gasteiger partial charge in [0.2, 0.25) is 0 Å². The van der Waals surface area contributed by atoms with E-state index in [4.69, 9.17) is 23.8 Å². The molecule has 2 heterocycles. The Morgan fingerprint density at radius 2 is 1.73 bits per heavy atom. The largest absolute Gasteiger partial charge is 0.311 e. The van der Waals surface area contributed by atoms with Crippen LogP contribution in [0, 0.1) is 0 Å². The fourth-order valence-electron chi connectivity index (χ4n) is 3.07. The van der Waals surface area contributed by atoms with E-state index < -0.39 is 0 Å². The van der Waals surface area contributed by atoms with Crippen LogP contribution in [0.2, 0.25) is 5.02 Å². The van der Waals surface area contributed by atoms with E-state index in [2.05, 4.69) is 0 Å². The van der Waals surface area contributed by atoms with Crippen molar-refractivity contribution in [3.05, 3.63) is 69.6 Å². The van der Waals surface area contributed by atoms with Crippen LogP contribution in [0.15, 0.2) is 53.4 Å². The molecule has 0 aliphatic carbocycles. The van der Waals surface area contributed by atoms with Crippen molar-refractivity contribution < 1.29 is 9.59 Å². The molecule has 2 aliphatic rings. The Morgan fingerprint density at radius 3 is 2.50 bits per heavy atom.